The SMILES string of the molecule is CCOC(=O)CCC1CCC(c2ccc(C(=O)C(C)(C)Br)cc2)CC1. The Morgan fingerprint density at radius 3 is 2.24 bits per heavy atom. The molecule has 0 atom stereocenters. The monoisotopic (exact) mass is 408 g/mol. The molecule has 4 heteroatoms. The van der Waals surface area contributed by atoms with E-state index in [1.54, 1.807) is 0 Å². The van der Waals surface area contributed by atoms with E-state index in [-0.39, 0.29) is 11.8 Å². The summed E-state index contributed by atoms with van der Waals surface area (Å²) >= 11 is 3.43. The minimum Gasteiger partial charge on any atom is -0.466 e. The van der Waals surface area contributed by atoms with Crippen molar-refractivity contribution in [1.82, 2.24) is 0 Å². The van der Waals surface area contributed by atoms with E-state index in [9.17, 15) is 9.59 Å². The van der Waals surface area contributed by atoms with Crippen molar-refractivity contribution in [1.29, 1.82) is 0 Å². The van der Waals surface area contributed by atoms with Crippen LogP contribution in [0.2, 0.25) is 0 Å². The van der Waals surface area contributed by atoms with Crippen molar-refractivity contribution in [2.75, 3.05) is 6.61 Å². The number of Topliss-reactive ketones (excluding diaryl/α,β-unsaturated/α-hetero) is 1. The van der Waals surface area contributed by atoms with Gasteiger partial charge in [-0.15, -0.1) is 0 Å². The molecule has 0 aliphatic heterocycles. The van der Waals surface area contributed by atoms with Crippen molar-refractivity contribution in [3.8, 4) is 0 Å². The van der Waals surface area contributed by atoms with Crippen LogP contribution < -0.4 is 0 Å². The van der Waals surface area contributed by atoms with Gasteiger partial charge in [0.2, 0.25) is 0 Å². The standard InChI is InChI=1S/C21H29BrO3/c1-4-25-19(23)14-7-15-5-8-16(9-6-15)17-10-12-18(13-11-17)20(24)21(2,3)22/h10-13,15-16H,4-9,14H2,1-3H3. The van der Waals surface area contributed by atoms with Gasteiger partial charge in [0.1, 0.15) is 0 Å². The van der Waals surface area contributed by atoms with E-state index in [1.807, 2.05) is 32.9 Å². The molecule has 1 fully saturated rings. The Morgan fingerprint density at radius 1 is 1.12 bits per heavy atom. The first kappa shape index (κ1) is 20.2. The number of hydrogen-bond acceptors (Lipinski definition) is 3. The summed E-state index contributed by atoms with van der Waals surface area (Å²) in [4.78, 5) is 23.8. The predicted octanol–water partition coefficient (Wildman–Crippen LogP) is 5.66. The van der Waals surface area contributed by atoms with Crippen LogP contribution in [0.1, 0.15) is 81.1 Å². The first-order valence-electron chi connectivity index (χ1n) is 9.30. The molecule has 0 saturated heterocycles. The Kier molecular flexibility index (Phi) is 7.24. The van der Waals surface area contributed by atoms with Crippen molar-refractivity contribution in [2.45, 2.75) is 69.5 Å². The number of ketones is 1. The van der Waals surface area contributed by atoms with Crippen molar-refractivity contribution in [3.63, 3.8) is 0 Å². The van der Waals surface area contributed by atoms with Gasteiger partial charge in [-0.3, -0.25) is 9.59 Å². The number of benzene rings is 1. The summed E-state index contributed by atoms with van der Waals surface area (Å²) in [6, 6.07) is 8.12. The lowest BCUT2D eigenvalue weighted by Gasteiger charge is -2.28. The molecule has 1 aliphatic carbocycles. The molecule has 1 aromatic rings. The van der Waals surface area contributed by atoms with Crippen LogP contribution in [0, 0.1) is 5.92 Å². The van der Waals surface area contributed by atoms with Gasteiger partial charge in [-0.05, 0) is 70.3 Å². The summed E-state index contributed by atoms with van der Waals surface area (Å²) in [6.07, 6.45) is 6.13. The van der Waals surface area contributed by atoms with Gasteiger partial charge >= 0.3 is 5.97 Å². The van der Waals surface area contributed by atoms with Gasteiger partial charge < -0.3 is 4.74 Å². The van der Waals surface area contributed by atoms with Crippen LogP contribution in [0.5, 0.6) is 0 Å². The molecule has 0 aromatic heterocycles. The maximum Gasteiger partial charge on any atom is 0.305 e. The molecule has 25 heavy (non-hydrogen) atoms. The van der Waals surface area contributed by atoms with E-state index in [4.69, 9.17) is 4.74 Å². The first-order chi connectivity index (χ1) is 11.8. The third-order valence-electron chi connectivity index (χ3n) is 5.09. The van der Waals surface area contributed by atoms with Crippen molar-refractivity contribution >= 4 is 27.7 Å². The van der Waals surface area contributed by atoms with Crippen LogP contribution in [-0.4, -0.2) is 22.7 Å². The average molecular weight is 409 g/mol. The fourth-order valence-corrected chi connectivity index (χ4v) is 3.82. The number of rotatable bonds is 7. The molecule has 138 valence electrons. The topological polar surface area (TPSA) is 43.4 Å². The number of halogens is 1. The Labute approximate surface area is 159 Å². The molecule has 0 bridgehead atoms. The summed E-state index contributed by atoms with van der Waals surface area (Å²) < 4.78 is 4.49. The summed E-state index contributed by atoms with van der Waals surface area (Å²) in [6.45, 7) is 6.07. The molecule has 0 amide bonds. The minimum atomic E-state index is -0.522. The third kappa shape index (κ3) is 5.95. The highest BCUT2D eigenvalue weighted by Crippen LogP contribution is 2.37. The molecular weight excluding hydrogens is 380 g/mol. The lowest BCUT2D eigenvalue weighted by Crippen LogP contribution is -2.24. The Morgan fingerprint density at radius 2 is 1.72 bits per heavy atom. The number of ether oxygens (including phenoxy) is 1. The Hall–Kier alpha value is -1.16. The number of carbonyl (C=O) groups is 2. The molecule has 2 rings (SSSR count). The maximum absolute atomic E-state index is 12.3. The molecular formula is C21H29BrO3. The Bertz CT molecular complexity index is 578. The van der Waals surface area contributed by atoms with Crippen LogP contribution in [0.15, 0.2) is 24.3 Å². The van der Waals surface area contributed by atoms with Crippen LogP contribution in [-0.2, 0) is 9.53 Å². The second-order valence-electron chi connectivity index (χ2n) is 7.48. The number of hydrogen-bond donors (Lipinski definition) is 0. The number of esters is 1. The van der Waals surface area contributed by atoms with E-state index in [2.05, 4.69) is 28.1 Å². The maximum atomic E-state index is 12.3. The summed E-state index contributed by atoms with van der Waals surface area (Å²) in [5.41, 5.74) is 2.08. The molecule has 0 radical (unpaired) electrons. The van der Waals surface area contributed by atoms with Gasteiger partial charge in [0.25, 0.3) is 0 Å². The molecule has 3 nitrogen and oxygen atoms in total. The highest BCUT2D eigenvalue weighted by molar-refractivity contribution is 9.10. The molecule has 1 aliphatic rings. The lowest BCUT2D eigenvalue weighted by molar-refractivity contribution is -0.143. The zero-order valence-electron chi connectivity index (χ0n) is 15.5. The highest BCUT2D eigenvalue weighted by atomic mass is 79.9. The van der Waals surface area contributed by atoms with Gasteiger partial charge in [0.05, 0.1) is 10.9 Å². The first-order valence-corrected chi connectivity index (χ1v) is 10.1. The summed E-state index contributed by atoms with van der Waals surface area (Å²) in [5.74, 6) is 1.25. The summed E-state index contributed by atoms with van der Waals surface area (Å²) in [5, 5.41) is 0. The van der Waals surface area contributed by atoms with Crippen molar-refractivity contribution in [3.05, 3.63) is 35.4 Å². The largest absolute Gasteiger partial charge is 0.466 e. The normalized spacial score (nSPS) is 21.0. The smallest absolute Gasteiger partial charge is 0.305 e. The van der Waals surface area contributed by atoms with Gasteiger partial charge in [0.15, 0.2) is 5.78 Å². The van der Waals surface area contributed by atoms with Crippen molar-refractivity contribution in [2.24, 2.45) is 5.92 Å². The fraction of sp³-hybridized carbons (Fsp3) is 0.619. The molecule has 0 spiro atoms. The molecule has 0 unspecified atom stereocenters. The second kappa shape index (κ2) is 8.98. The van der Waals surface area contributed by atoms with Gasteiger partial charge in [-0.25, -0.2) is 0 Å². The van der Waals surface area contributed by atoms with Gasteiger partial charge in [-0.2, -0.15) is 0 Å². The van der Waals surface area contributed by atoms with E-state index in [0.29, 0.717) is 24.9 Å². The van der Waals surface area contributed by atoms with E-state index < -0.39 is 4.32 Å². The van der Waals surface area contributed by atoms with Gasteiger partial charge in [-0.1, -0.05) is 40.2 Å². The molecule has 1 saturated carbocycles. The second-order valence-corrected chi connectivity index (χ2v) is 9.47. The number of alkyl halides is 1. The quantitative estimate of drug-likeness (QED) is 0.332. The predicted molar refractivity (Wildman–Crippen MR) is 104 cm³/mol. The third-order valence-corrected chi connectivity index (χ3v) is 5.45. The zero-order valence-corrected chi connectivity index (χ0v) is 17.1. The molecule has 0 N–H and O–H groups in total. The average Bonchev–Trinajstić information content (AvgIpc) is 2.59. The van der Waals surface area contributed by atoms with Crippen LogP contribution in [0.25, 0.3) is 0 Å². The van der Waals surface area contributed by atoms with E-state index in [0.717, 1.165) is 24.8 Å². The van der Waals surface area contributed by atoms with Gasteiger partial charge in [0, 0.05) is 12.0 Å². The zero-order chi connectivity index (χ0) is 18.4. The number of carbonyl (C=O) groups excluding carboxylic acids is 2. The van der Waals surface area contributed by atoms with E-state index >= 15 is 0 Å². The minimum absolute atomic E-state index is 0.0698. The van der Waals surface area contributed by atoms with Crippen LogP contribution in [0.3, 0.4) is 0 Å². The van der Waals surface area contributed by atoms with Crippen LogP contribution in [0.4, 0.5) is 0 Å². The fourth-order valence-electron chi connectivity index (χ4n) is 3.59. The van der Waals surface area contributed by atoms with Crippen molar-refractivity contribution < 1.29 is 14.3 Å². The lowest BCUT2D eigenvalue weighted by atomic mass is 9.77. The Balaban J connectivity index is 1.84. The molecule has 1 aromatic carbocycles. The van der Waals surface area contributed by atoms with Crippen LogP contribution >= 0.6 is 15.9 Å². The summed E-state index contributed by atoms with van der Waals surface area (Å²) in [7, 11) is 0. The van der Waals surface area contributed by atoms with E-state index in [1.165, 1.54) is 18.4 Å². The highest BCUT2D eigenvalue weighted by Gasteiger charge is 2.26. The molecule has 0 heterocycles.